The van der Waals surface area contributed by atoms with E-state index in [2.05, 4.69) is 5.32 Å². The number of carboxylic acid groups (broad SMARTS) is 1. The molecule has 5 heteroatoms. The van der Waals surface area contributed by atoms with Gasteiger partial charge in [-0.15, -0.1) is 12.4 Å². The van der Waals surface area contributed by atoms with Crippen molar-refractivity contribution in [3.05, 3.63) is 0 Å². The van der Waals surface area contributed by atoms with E-state index in [1.807, 2.05) is 0 Å². The van der Waals surface area contributed by atoms with Crippen molar-refractivity contribution >= 4 is 18.4 Å². The van der Waals surface area contributed by atoms with Gasteiger partial charge in [-0.3, -0.25) is 4.79 Å². The van der Waals surface area contributed by atoms with Crippen LogP contribution in [-0.4, -0.2) is 36.9 Å². The van der Waals surface area contributed by atoms with Crippen molar-refractivity contribution < 1.29 is 14.6 Å². The number of morpholine rings is 1. The van der Waals surface area contributed by atoms with Crippen molar-refractivity contribution in [2.24, 2.45) is 0 Å². The van der Waals surface area contributed by atoms with Gasteiger partial charge in [-0.05, 0) is 0 Å². The molecule has 0 radical (unpaired) electrons. The van der Waals surface area contributed by atoms with Crippen LogP contribution in [-0.2, 0) is 9.53 Å². The number of aliphatic carboxylic acids is 1. The van der Waals surface area contributed by atoms with Gasteiger partial charge in [0.05, 0.1) is 19.1 Å². The maximum absolute atomic E-state index is 10.2. The van der Waals surface area contributed by atoms with Crippen LogP contribution in [0.25, 0.3) is 0 Å². The molecule has 0 unspecified atom stereocenters. The predicted octanol–water partition coefficient (Wildman–Crippen LogP) is -0.129. The summed E-state index contributed by atoms with van der Waals surface area (Å²) in [5, 5.41) is 11.4. The molecule has 0 saturated carbocycles. The molecule has 1 aliphatic rings. The summed E-state index contributed by atoms with van der Waals surface area (Å²) >= 11 is 0. The van der Waals surface area contributed by atoms with Gasteiger partial charge in [0.25, 0.3) is 0 Å². The van der Waals surface area contributed by atoms with E-state index < -0.39 is 5.97 Å². The third-order valence-corrected chi connectivity index (χ3v) is 1.41. The van der Waals surface area contributed by atoms with E-state index in [0.29, 0.717) is 13.2 Å². The van der Waals surface area contributed by atoms with E-state index in [4.69, 9.17) is 9.84 Å². The molecule has 66 valence electrons. The van der Waals surface area contributed by atoms with E-state index >= 15 is 0 Å². The average Bonchev–Trinajstić information content (AvgIpc) is 1.88. The van der Waals surface area contributed by atoms with Gasteiger partial charge in [-0.1, -0.05) is 0 Å². The molecule has 0 aliphatic carbocycles. The molecule has 0 aromatic rings. The zero-order chi connectivity index (χ0) is 7.40. The molecule has 11 heavy (non-hydrogen) atoms. The zero-order valence-electron chi connectivity index (χ0n) is 6.08. The van der Waals surface area contributed by atoms with Crippen LogP contribution in [0.1, 0.15) is 6.42 Å². The predicted molar refractivity (Wildman–Crippen MR) is 42.1 cm³/mol. The quantitative estimate of drug-likeness (QED) is 0.623. The van der Waals surface area contributed by atoms with Gasteiger partial charge in [0.2, 0.25) is 0 Å². The number of rotatable bonds is 2. The lowest BCUT2D eigenvalue weighted by atomic mass is 10.2. The lowest BCUT2D eigenvalue weighted by Crippen LogP contribution is -2.39. The third-order valence-electron chi connectivity index (χ3n) is 1.41. The Morgan fingerprint density at radius 2 is 2.45 bits per heavy atom. The highest BCUT2D eigenvalue weighted by Crippen LogP contribution is 2.00. The van der Waals surface area contributed by atoms with Gasteiger partial charge in [-0.25, -0.2) is 0 Å². The van der Waals surface area contributed by atoms with Gasteiger partial charge in [-0.2, -0.15) is 0 Å². The maximum atomic E-state index is 10.2. The normalized spacial score (nSPS) is 23.8. The molecule has 0 bridgehead atoms. The minimum Gasteiger partial charge on any atom is -0.481 e. The zero-order valence-corrected chi connectivity index (χ0v) is 6.89. The SMILES string of the molecule is Cl.O=C(O)C[C@H]1CNCCO1. The Balaban J connectivity index is 0.000001000. The fraction of sp³-hybridized carbons (Fsp3) is 0.833. The molecule has 2 N–H and O–H groups in total. The van der Waals surface area contributed by atoms with E-state index in [1.54, 1.807) is 0 Å². The smallest absolute Gasteiger partial charge is 0.306 e. The van der Waals surface area contributed by atoms with E-state index in [0.717, 1.165) is 6.54 Å². The molecule has 1 saturated heterocycles. The van der Waals surface area contributed by atoms with E-state index in [-0.39, 0.29) is 24.9 Å². The van der Waals surface area contributed by atoms with Crippen LogP contribution in [0.2, 0.25) is 0 Å². The van der Waals surface area contributed by atoms with Crippen LogP contribution in [0.15, 0.2) is 0 Å². The summed E-state index contributed by atoms with van der Waals surface area (Å²) in [6, 6.07) is 0. The van der Waals surface area contributed by atoms with Crippen molar-refractivity contribution in [3.8, 4) is 0 Å². The number of halogens is 1. The van der Waals surface area contributed by atoms with Crippen LogP contribution >= 0.6 is 12.4 Å². The summed E-state index contributed by atoms with van der Waals surface area (Å²) in [7, 11) is 0. The van der Waals surface area contributed by atoms with Gasteiger partial charge in [0, 0.05) is 13.1 Å². The highest BCUT2D eigenvalue weighted by Gasteiger charge is 2.15. The minimum absolute atomic E-state index is 0. The van der Waals surface area contributed by atoms with Crippen LogP contribution in [0.5, 0.6) is 0 Å². The monoisotopic (exact) mass is 181 g/mol. The van der Waals surface area contributed by atoms with Crippen LogP contribution in [0.4, 0.5) is 0 Å². The highest BCUT2D eigenvalue weighted by molar-refractivity contribution is 5.85. The Morgan fingerprint density at radius 3 is 2.91 bits per heavy atom. The molecule has 1 atom stereocenters. The largest absolute Gasteiger partial charge is 0.481 e. The summed E-state index contributed by atoms with van der Waals surface area (Å²) in [4.78, 5) is 10.2. The van der Waals surface area contributed by atoms with Crippen molar-refractivity contribution in [3.63, 3.8) is 0 Å². The fourth-order valence-electron chi connectivity index (χ4n) is 0.946. The molecule has 1 heterocycles. The second-order valence-corrected chi connectivity index (χ2v) is 2.29. The number of ether oxygens (including phenoxy) is 1. The molecule has 1 fully saturated rings. The number of hydrogen-bond acceptors (Lipinski definition) is 3. The maximum Gasteiger partial charge on any atom is 0.306 e. The summed E-state index contributed by atoms with van der Waals surface area (Å²) in [5.74, 6) is -0.797. The second-order valence-electron chi connectivity index (χ2n) is 2.29. The Hall–Kier alpha value is -0.320. The molecule has 0 aromatic heterocycles. The summed E-state index contributed by atoms with van der Waals surface area (Å²) < 4.78 is 5.15. The van der Waals surface area contributed by atoms with E-state index in [1.165, 1.54) is 0 Å². The molecule has 1 aliphatic heterocycles. The van der Waals surface area contributed by atoms with Gasteiger partial charge >= 0.3 is 5.97 Å². The minimum atomic E-state index is -0.797. The number of nitrogens with one attached hydrogen (secondary N) is 1. The second kappa shape index (κ2) is 5.35. The summed E-state index contributed by atoms with van der Waals surface area (Å²) in [6.07, 6.45) is -0.0289. The van der Waals surface area contributed by atoms with E-state index in [9.17, 15) is 4.79 Å². The lowest BCUT2D eigenvalue weighted by molar-refractivity contribution is -0.140. The van der Waals surface area contributed by atoms with Crippen molar-refractivity contribution in [2.45, 2.75) is 12.5 Å². The first-order valence-electron chi connectivity index (χ1n) is 3.33. The fourth-order valence-corrected chi connectivity index (χ4v) is 0.946. The summed E-state index contributed by atoms with van der Waals surface area (Å²) in [5.41, 5.74) is 0. The van der Waals surface area contributed by atoms with Crippen molar-refractivity contribution in [2.75, 3.05) is 19.7 Å². The first-order valence-corrected chi connectivity index (χ1v) is 3.33. The number of carboxylic acids is 1. The molecular weight excluding hydrogens is 170 g/mol. The van der Waals surface area contributed by atoms with Crippen molar-refractivity contribution in [1.29, 1.82) is 0 Å². The van der Waals surface area contributed by atoms with Crippen LogP contribution in [0, 0.1) is 0 Å². The Kier molecular flexibility index (Phi) is 5.19. The number of hydrogen-bond donors (Lipinski definition) is 2. The van der Waals surface area contributed by atoms with Gasteiger partial charge in [0.1, 0.15) is 0 Å². The molecule has 0 amide bonds. The summed E-state index contributed by atoms with van der Waals surface area (Å²) in [6.45, 7) is 2.11. The van der Waals surface area contributed by atoms with Gasteiger partial charge in [0.15, 0.2) is 0 Å². The third kappa shape index (κ3) is 4.19. The molecular formula is C6H12ClNO3. The topological polar surface area (TPSA) is 58.6 Å². The van der Waals surface area contributed by atoms with Crippen LogP contribution in [0.3, 0.4) is 0 Å². The average molecular weight is 182 g/mol. The van der Waals surface area contributed by atoms with Crippen LogP contribution < -0.4 is 5.32 Å². The van der Waals surface area contributed by atoms with Gasteiger partial charge < -0.3 is 15.2 Å². The molecule has 4 nitrogen and oxygen atoms in total. The highest BCUT2D eigenvalue weighted by atomic mass is 35.5. The first kappa shape index (κ1) is 10.7. The Labute approximate surface area is 71.3 Å². The Morgan fingerprint density at radius 1 is 1.73 bits per heavy atom. The number of carbonyl (C=O) groups is 1. The standard InChI is InChI=1S/C6H11NO3.ClH/c8-6(9)3-5-4-7-1-2-10-5;/h5,7H,1-4H2,(H,8,9);1H/t5-;/m0./s1. The molecule has 0 spiro atoms. The molecule has 1 rings (SSSR count). The lowest BCUT2D eigenvalue weighted by Gasteiger charge is -2.21. The van der Waals surface area contributed by atoms with Crippen molar-refractivity contribution in [1.82, 2.24) is 5.32 Å². The molecule has 0 aromatic carbocycles. The Bertz CT molecular complexity index is 125. The first-order chi connectivity index (χ1) is 4.79.